The third kappa shape index (κ3) is 4.91. The van der Waals surface area contributed by atoms with Crippen LogP contribution in [0.5, 0.6) is 5.75 Å². The summed E-state index contributed by atoms with van der Waals surface area (Å²) in [7, 11) is 3.61. The summed E-state index contributed by atoms with van der Waals surface area (Å²) in [6.07, 6.45) is 3.90. The van der Waals surface area contributed by atoms with Gasteiger partial charge in [-0.3, -0.25) is 4.99 Å². The molecule has 0 saturated carbocycles. The number of hydrogen-bond donors (Lipinski definition) is 1. The van der Waals surface area contributed by atoms with Gasteiger partial charge in [-0.15, -0.1) is 0 Å². The SMILES string of the molecule is CN=C(NCCN1CCCC(C)C1)N1CCC(c2ccc(OC)cc2)C1. The van der Waals surface area contributed by atoms with Crippen LogP contribution in [0.15, 0.2) is 29.3 Å². The van der Waals surface area contributed by atoms with Gasteiger partial charge in [0, 0.05) is 45.7 Å². The highest BCUT2D eigenvalue weighted by molar-refractivity contribution is 5.80. The van der Waals surface area contributed by atoms with Crippen molar-refractivity contribution in [2.45, 2.75) is 32.1 Å². The third-order valence-corrected chi connectivity index (χ3v) is 5.74. The van der Waals surface area contributed by atoms with Crippen molar-refractivity contribution < 1.29 is 4.74 Å². The number of ether oxygens (including phenoxy) is 1. The standard InChI is InChI=1S/C21H34N4O/c1-17-5-4-12-24(15-17)14-11-23-21(22-2)25-13-10-19(16-25)18-6-8-20(26-3)9-7-18/h6-9,17,19H,4-5,10-16H2,1-3H3,(H,22,23). The molecule has 0 amide bonds. The number of guanidine groups is 1. The first-order valence-electron chi connectivity index (χ1n) is 10.0. The Balaban J connectivity index is 1.46. The molecule has 2 fully saturated rings. The number of aliphatic imine (C=N–C) groups is 1. The molecule has 0 aromatic heterocycles. The Labute approximate surface area is 158 Å². The van der Waals surface area contributed by atoms with E-state index in [-0.39, 0.29) is 0 Å². The maximum absolute atomic E-state index is 5.27. The van der Waals surface area contributed by atoms with E-state index in [0.29, 0.717) is 5.92 Å². The van der Waals surface area contributed by atoms with Gasteiger partial charge in [0.2, 0.25) is 0 Å². The predicted molar refractivity (Wildman–Crippen MR) is 108 cm³/mol. The lowest BCUT2D eigenvalue weighted by molar-refractivity contribution is 0.186. The summed E-state index contributed by atoms with van der Waals surface area (Å²) in [6, 6.07) is 8.51. The largest absolute Gasteiger partial charge is 0.497 e. The van der Waals surface area contributed by atoms with Crippen LogP contribution < -0.4 is 10.1 Å². The molecule has 26 heavy (non-hydrogen) atoms. The molecule has 0 radical (unpaired) electrons. The number of nitrogens with zero attached hydrogens (tertiary/aromatic N) is 3. The van der Waals surface area contributed by atoms with Crippen LogP contribution in [0.25, 0.3) is 0 Å². The summed E-state index contributed by atoms with van der Waals surface area (Å²) < 4.78 is 5.27. The average Bonchev–Trinajstić information content (AvgIpc) is 3.15. The average molecular weight is 359 g/mol. The van der Waals surface area contributed by atoms with E-state index in [2.05, 4.69) is 51.3 Å². The molecule has 2 aliphatic rings. The smallest absolute Gasteiger partial charge is 0.193 e. The Morgan fingerprint density at radius 2 is 2.00 bits per heavy atom. The third-order valence-electron chi connectivity index (χ3n) is 5.74. The summed E-state index contributed by atoms with van der Waals surface area (Å²) in [5.74, 6) is 3.38. The fraction of sp³-hybridized carbons (Fsp3) is 0.667. The van der Waals surface area contributed by atoms with Gasteiger partial charge >= 0.3 is 0 Å². The molecule has 5 nitrogen and oxygen atoms in total. The molecular formula is C21H34N4O. The van der Waals surface area contributed by atoms with Crippen LogP contribution in [-0.4, -0.2) is 69.2 Å². The molecule has 2 aliphatic heterocycles. The van der Waals surface area contributed by atoms with Crippen molar-refractivity contribution in [1.82, 2.24) is 15.1 Å². The summed E-state index contributed by atoms with van der Waals surface area (Å²) in [5, 5.41) is 3.58. The molecule has 0 spiro atoms. The molecule has 2 heterocycles. The monoisotopic (exact) mass is 358 g/mol. The van der Waals surface area contributed by atoms with E-state index in [9.17, 15) is 0 Å². The molecule has 1 aromatic carbocycles. The summed E-state index contributed by atoms with van der Waals surface area (Å²) in [6.45, 7) is 9.03. The van der Waals surface area contributed by atoms with Gasteiger partial charge in [0.1, 0.15) is 5.75 Å². The highest BCUT2D eigenvalue weighted by Crippen LogP contribution is 2.28. The first-order chi connectivity index (χ1) is 12.7. The van der Waals surface area contributed by atoms with Crippen LogP contribution in [-0.2, 0) is 0 Å². The second-order valence-electron chi connectivity index (χ2n) is 7.73. The van der Waals surface area contributed by atoms with E-state index < -0.39 is 0 Å². The van der Waals surface area contributed by atoms with Crippen LogP contribution in [0.2, 0.25) is 0 Å². The van der Waals surface area contributed by atoms with Crippen molar-refractivity contribution in [3.05, 3.63) is 29.8 Å². The molecule has 3 rings (SSSR count). The van der Waals surface area contributed by atoms with E-state index in [4.69, 9.17) is 4.74 Å². The first-order valence-corrected chi connectivity index (χ1v) is 10.0. The lowest BCUT2D eigenvalue weighted by Crippen LogP contribution is -2.44. The maximum Gasteiger partial charge on any atom is 0.193 e. The summed E-state index contributed by atoms with van der Waals surface area (Å²) in [5.41, 5.74) is 1.39. The second-order valence-corrected chi connectivity index (χ2v) is 7.73. The molecule has 2 unspecified atom stereocenters. The van der Waals surface area contributed by atoms with E-state index in [1.807, 2.05) is 7.05 Å². The number of hydrogen-bond acceptors (Lipinski definition) is 3. The Hall–Kier alpha value is -1.75. The summed E-state index contributed by atoms with van der Waals surface area (Å²) in [4.78, 5) is 9.49. The van der Waals surface area contributed by atoms with Crippen LogP contribution >= 0.6 is 0 Å². The Bertz CT molecular complexity index is 586. The van der Waals surface area contributed by atoms with Gasteiger partial charge in [0.05, 0.1) is 7.11 Å². The van der Waals surface area contributed by atoms with Gasteiger partial charge in [0.15, 0.2) is 5.96 Å². The molecular weight excluding hydrogens is 324 g/mol. The second kappa shape index (κ2) is 9.26. The zero-order chi connectivity index (χ0) is 18.4. The fourth-order valence-electron chi connectivity index (χ4n) is 4.25. The van der Waals surface area contributed by atoms with Crippen molar-refractivity contribution in [1.29, 1.82) is 0 Å². The van der Waals surface area contributed by atoms with E-state index >= 15 is 0 Å². The zero-order valence-electron chi connectivity index (χ0n) is 16.6. The maximum atomic E-state index is 5.27. The first kappa shape index (κ1) is 19.0. The molecule has 1 N–H and O–H groups in total. The lowest BCUT2D eigenvalue weighted by Gasteiger charge is -2.31. The Morgan fingerprint density at radius 1 is 1.19 bits per heavy atom. The minimum Gasteiger partial charge on any atom is -0.497 e. The van der Waals surface area contributed by atoms with Crippen LogP contribution in [0.1, 0.15) is 37.7 Å². The zero-order valence-corrected chi connectivity index (χ0v) is 16.6. The minimum atomic E-state index is 0.572. The van der Waals surface area contributed by atoms with Crippen molar-refractivity contribution in [3.8, 4) is 5.75 Å². The van der Waals surface area contributed by atoms with Crippen LogP contribution in [0.3, 0.4) is 0 Å². The predicted octanol–water partition coefficient (Wildman–Crippen LogP) is 2.79. The molecule has 0 bridgehead atoms. The summed E-state index contributed by atoms with van der Waals surface area (Å²) >= 11 is 0. The Morgan fingerprint density at radius 3 is 2.69 bits per heavy atom. The van der Waals surface area contributed by atoms with Crippen molar-refractivity contribution >= 4 is 5.96 Å². The molecule has 0 aliphatic carbocycles. The van der Waals surface area contributed by atoms with Gasteiger partial charge in [-0.2, -0.15) is 0 Å². The quantitative estimate of drug-likeness (QED) is 0.649. The molecule has 5 heteroatoms. The van der Waals surface area contributed by atoms with Crippen LogP contribution in [0.4, 0.5) is 0 Å². The number of rotatable bonds is 5. The molecule has 144 valence electrons. The topological polar surface area (TPSA) is 40.1 Å². The van der Waals surface area contributed by atoms with E-state index in [1.54, 1.807) is 7.11 Å². The number of nitrogens with one attached hydrogen (secondary N) is 1. The van der Waals surface area contributed by atoms with Crippen molar-refractivity contribution in [2.75, 3.05) is 53.4 Å². The van der Waals surface area contributed by atoms with Gasteiger partial charge in [0.25, 0.3) is 0 Å². The highest BCUT2D eigenvalue weighted by atomic mass is 16.5. The van der Waals surface area contributed by atoms with E-state index in [1.165, 1.54) is 37.9 Å². The normalized spacial score (nSPS) is 24.7. The number of piperidine rings is 1. The van der Waals surface area contributed by atoms with Gasteiger partial charge < -0.3 is 19.9 Å². The number of likely N-dealkylation sites (tertiary alicyclic amines) is 2. The minimum absolute atomic E-state index is 0.572. The van der Waals surface area contributed by atoms with Crippen LogP contribution in [0, 0.1) is 5.92 Å². The lowest BCUT2D eigenvalue weighted by atomic mass is 9.98. The molecule has 2 saturated heterocycles. The van der Waals surface area contributed by atoms with Gasteiger partial charge in [-0.05, 0) is 49.4 Å². The highest BCUT2D eigenvalue weighted by Gasteiger charge is 2.26. The fourth-order valence-corrected chi connectivity index (χ4v) is 4.25. The molecule has 1 aromatic rings. The van der Waals surface area contributed by atoms with E-state index in [0.717, 1.165) is 43.8 Å². The number of methoxy groups -OCH3 is 1. The van der Waals surface area contributed by atoms with Gasteiger partial charge in [-0.1, -0.05) is 19.1 Å². The molecule has 2 atom stereocenters. The Kier molecular flexibility index (Phi) is 6.78. The van der Waals surface area contributed by atoms with Crippen molar-refractivity contribution in [3.63, 3.8) is 0 Å². The van der Waals surface area contributed by atoms with Crippen molar-refractivity contribution in [2.24, 2.45) is 10.9 Å². The number of benzene rings is 1. The van der Waals surface area contributed by atoms with Gasteiger partial charge in [-0.25, -0.2) is 0 Å².